The lowest BCUT2D eigenvalue weighted by Gasteiger charge is -2.21. The molecule has 0 radical (unpaired) electrons. The Bertz CT molecular complexity index is 1090. The van der Waals surface area contributed by atoms with Crippen LogP contribution >= 0.6 is 11.8 Å². The van der Waals surface area contributed by atoms with E-state index in [1.165, 1.54) is 22.3 Å². The highest BCUT2D eigenvalue weighted by molar-refractivity contribution is 7.99. The van der Waals surface area contributed by atoms with Gasteiger partial charge in [0.2, 0.25) is 0 Å². The molecule has 2 amide bonds. The van der Waals surface area contributed by atoms with Crippen molar-refractivity contribution in [1.82, 2.24) is 19.7 Å². The zero-order chi connectivity index (χ0) is 22.7. The van der Waals surface area contributed by atoms with Crippen LogP contribution in [-0.2, 0) is 6.54 Å². The highest BCUT2D eigenvalue weighted by atomic mass is 32.2. The van der Waals surface area contributed by atoms with E-state index in [2.05, 4.69) is 64.7 Å². The zero-order valence-electron chi connectivity index (χ0n) is 18.6. The van der Waals surface area contributed by atoms with Crippen LogP contribution in [0.25, 0.3) is 11.4 Å². The van der Waals surface area contributed by atoms with Gasteiger partial charge in [-0.3, -0.25) is 14.5 Å². The summed E-state index contributed by atoms with van der Waals surface area (Å²) in [5.41, 5.74) is 3.17. The number of carbonyl (C=O) groups is 2. The summed E-state index contributed by atoms with van der Waals surface area (Å²) >= 11 is 1.51. The lowest BCUT2D eigenvalue weighted by atomic mass is 10.1. The molecule has 1 aliphatic heterocycles. The normalized spacial score (nSPS) is 13.0. The lowest BCUT2D eigenvalue weighted by molar-refractivity contribution is 0.0664. The second-order valence-electron chi connectivity index (χ2n) is 7.43. The van der Waals surface area contributed by atoms with E-state index in [1.54, 1.807) is 24.3 Å². The molecule has 0 saturated heterocycles. The summed E-state index contributed by atoms with van der Waals surface area (Å²) in [5, 5.41) is 9.57. The molecule has 32 heavy (non-hydrogen) atoms. The van der Waals surface area contributed by atoms with E-state index >= 15 is 0 Å². The Kier molecular flexibility index (Phi) is 6.60. The molecule has 1 aliphatic rings. The average molecular weight is 450 g/mol. The number of fused-ring (bicyclic) bond motifs is 1. The number of benzene rings is 2. The first kappa shape index (κ1) is 22.1. The molecule has 0 spiro atoms. The van der Waals surface area contributed by atoms with E-state index < -0.39 is 0 Å². The molecule has 0 N–H and O–H groups in total. The van der Waals surface area contributed by atoms with Gasteiger partial charge in [0.05, 0.1) is 11.1 Å². The van der Waals surface area contributed by atoms with Gasteiger partial charge >= 0.3 is 0 Å². The minimum absolute atomic E-state index is 0.225. The molecular weight excluding hydrogens is 422 g/mol. The van der Waals surface area contributed by atoms with Gasteiger partial charge < -0.3 is 9.47 Å². The molecule has 4 rings (SSSR count). The van der Waals surface area contributed by atoms with Gasteiger partial charge in [0.1, 0.15) is 0 Å². The van der Waals surface area contributed by atoms with Crippen LogP contribution in [0, 0.1) is 0 Å². The lowest BCUT2D eigenvalue weighted by Crippen LogP contribution is -2.31. The van der Waals surface area contributed by atoms with E-state index in [9.17, 15) is 9.59 Å². The first-order valence-electron chi connectivity index (χ1n) is 11.0. The molecule has 2 heterocycles. The predicted molar refractivity (Wildman–Crippen MR) is 127 cm³/mol. The quantitative estimate of drug-likeness (QED) is 0.360. The number of nitrogens with zero attached hydrogens (tertiary/aromatic N) is 5. The first-order valence-corrected chi connectivity index (χ1v) is 11.9. The maximum atomic E-state index is 12.5. The minimum atomic E-state index is -0.225. The number of hydrogen-bond acceptors (Lipinski definition) is 6. The Balaban J connectivity index is 1.44. The Hall–Kier alpha value is -3.13. The second-order valence-corrected chi connectivity index (χ2v) is 8.49. The molecule has 0 saturated carbocycles. The zero-order valence-corrected chi connectivity index (χ0v) is 19.4. The van der Waals surface area contributed by atoms with Crippen LogP contribution in [0.2, 0.25) is 0 Å². The minimum Gasteiger partial charge on any atom is -0.372 e. The number of anilines is 1. The van der Waals surface area contributed by atoms with Crippen LogP contribution in [0.3, 0.4) is 0 Å². The topological polar surface area (TPSA) is 71.3 Å². The van der Waals surface area contributed by atoms with Gasteiger partial charge in [-0.1, -0.05) is 23.9 Å². The van der Waals surface area contributed by atoms with Crippen LogP contribution < -0.4 is 4.90 Å². The number of thioether (sulfide) groups is 1. The Labute approximate surface area is 192 Å². The van der Waals surface area contributed by atoms with Crippen molar-refractivity contribution in [3.63, 3.8) is 0 Å². The van der Waals surface area contributed by atoms with Crippen molar-refractivity contribution in [3.8, 4) is 11.4 Å². The van der Waals surface area contributed by atoms with Crippen LogP contribution in [0.4, 0.5) is 5.69 Å². The Morgan fingerprint density at radius 3 is 2.06 bits per heavy atom. The van der Waals surface area contributed by atoms with Gasteiger partial charge in [-0.15, -0.1) is 10.2 Å². The van der Waals surface area contributed by atoms with Gasteiger partial charge in [0, 0.05) is 43.2 Å². The third-order valence-corrected chi connectivity index (χ3v) is 6.66. The smallest absolute Gasteiger partial charge is 0.261 e. The number of aromatic nitrogens is 3. The third-order valence-electron chi connectivity index (χ3n) is 5.71. The SMILES string of the molecule is CCN(CC)c1ccc(-c2nnc(SCCN3C(=O)c4ccccc4C3=O)n2CC)cc1. The van der Waals surface area contributed by atoms with Crippen LogP contribution in [-0.4, -0.2) is 56.9 Å². The first-order chi connectivity index (χ1) is 15.6. The maximum Gasteiger partial charge on any atom is 0.261 e. The van der Waals surface area contributed by atoms with Crippen molar-refractivity contribution in [2.24, 2.45) is 0 Å². The molecule has 0 aliphatic carbocycles. The fourth-order valence-electron chi connectivity index (χ4n) is 3.97. The summed E-state index contributed by atoms with van der Waals surface area (Å²) in [6.45, 7) is 9.36. The summed E-state index contributed by atoms with van der Waals surface area (Å²) in [5.74, 6) is 0.931. The predicted octanol–water partition coefficient (Wildman–Crippen LogP) is 4.20. The van der Waals surface area contributed by atoms with E-state index in [0.29, 0.717) is 23.4 Å². The average Bonchev–Trinajstić information content (AvgIpc) is 3.34. The summed E-state index contributed by atoms with van der Waals surface area (Å²) in [6, 6.07) is 15.4. The molecule has 8 heteroatoms. The summed E-state index contributed by atoms with van der Waals surface area (Å²) in [4.78, 5) is 28.7. The van der Waals surface area contributed by atoms with Crippen molar-refractivity contribution < 1.29 is 9.59 Å². The number of hydrogen-bond donors (Lipinski definition) is 0. The Morgan fingerprint density at radius 1 is 0.875 bits per heavy atom. The largest absolute Gasteiger partial charge is 0.372 e. The van der Waals surface area contributed by atoms with Crippen molar-refractivity contribution in [2.75, 3.05) is 30.3 Å². The van der Waals surface area contributed by atoms with E-state index in [-0.39, 0.29) is 11.8 Å². The van der Waals surface area contributed by atoms with Crippen molar-refractivity contribution in [3.05, 3.63) is 59.7 Å². The van der Waals surface area contributed by atoms with Gasteiger partial charge in [0.25, 0.3) is 11.8 Å². The monoisotopic (exact) mass is 449 g/mol. The molecule has 166 valence electrons. The van der Waals surface area contributed by atoms with Gasteiger partial charge in [-0.25, -0.2) is 0 Å². The van der Waals surface area contributed by atoms with Crippen LogP contribution in [0.15, 0.2) is 53.7 Å². The van der Waals surface area contributed by atoms with E-state index in [1.807, 2.05) is 0 Å². The van der Waals surface area contributed by atoms with Crippen LogP contribution in [0.1, 0.15) is 41.5 Å². The molecule has 0 unspecified atom stereocenters. The molecular formula is C24H27N5O2S. The van der Waals surface area contributed by atoms with Gasteiger partial charge in [-0.05, 0) is 57.2 Å². The number of rotatable bonds is 9. The standard InChI is InChI=1S/C24H27N5O2S/c1-4-27(5-2)18-13-11-17(12-14-18)21-25-26-24(28(21)6-3)32-16-15-29-22(30)19-9-7-8-10-20(19)23(29)31/h7-14H,4-6,15-16H2,1-3H3. The van der Waals surface area contributed by atoms with Crippen molar-refractivity contribution >= 4 is 29.3 Å². The highest BCUT2D eigenvalue weighted by Crippen LogP contribution is 2.27. The van der Waals surface area contributed by atoms with Gasteiger partial charge in [-0.2, -0.15) is 0 Å². The number of carbonyl (C=O) groups excluding carboxylic acids is 2. The molecule has 2 aromatic carbocycles. The molecule has 1 aromatic heterocycles. The fraction of sp³-hybridized carbons (Fsp3) is 0.333. The molecule has 3 aromatic rings. The Morgan fingerprint density at radius 2 is 1.50 bits per heavy atom. The summed E-state index contributed by atoms with van der Waals surface area (Å²) in [6.07, 6.45) is 0. The van der Waals surface area contributed by atoms with Gasteiger partial charge in [0.15, 0.2) is 11.0 Å². The van der Waals surface area contributed by atoms with Crippen molar-refractivity contribution in [2.45, 2.75) is 32.5 Å². The molecule has 0 bridgehead atoms. The number of imide groups is 1. The molecule has 0 fully saturated rings. The third kappa shape index (κ3) is 4.02. The second kappa shape index (κ2) is 9.56. The summed E-state index contributed by atoms with van der Waals surface area (Å²) in [7, 11) is 0. The maximum absolute atomic E-state index is 12.5. The number of amides is 2. The molecule has 0 atom stereocenters. The van der Waals surface area contributed by atoms with E-state index in [0.717, 1.165) is 36.2 Å². The summed E-state index contributed by atoms with van der Waals surface area (Å²) < 4.78 is 2.07. The fourth-order valence-corrected chi connectivity index (χ4v) is 4.90. The highest BCUT2D eigenvalue weighted by Gasteiger charge is 2.34. The van der Waals surface area contributed by atoms with Crippen molar-refractivity contribution in [1.29, 1.82) is 0 Å². The molecule has 7 nitrogen and oxygen atoms in total. The van der Waals surface area contributed by atoms with E-state index in [4.69, 9.17) is 0 Å². The van der Waals surface area contributed by atoms with Crippen LogP contribution in [0.5, 0.6) is 0 Å².